The van der Waals surface area contributed by atoms with E-state index in [1.807, 2.05) is 12.1 Å². The van der Waals surface area contributed by atoms with Gasteiger partial charge in [-0.15, -0.1) is 0 Å². The molecule has 0 aliphatic carbocycles. The Balaban J connectivity index is 2.24. The standard InChI is InChI=1S/C12H11N3O3S/c16-10-3-6-15(7-9-1-4-13-5-2-9)12(14-10)19-8-11(17)18/h1-6H,7-8H2,(H,17,18). The molecule has 19 heavy (non-hydrogen) atoms. The van der Waals surface area contributed by atoms with Crippen LogP contribution >= 0.6 is 11.8 Å². The first-order chi connectivity index (χ1) is 9.15. The van der Waals surface area contributed by atoms with E-state index in [9.17, 15) is 9.59 Å². The van der Waals surface area contributed by atoms with Crippen LogP contribution in [0.3, 0.4) is 0 Å². The Labute approximate surface area is 113 Å². The van der Waals surface area contributed by atoms with Crippen molar-refractivity contribution >= 4 is 17.7 Å². The SMILES string of the molecule is O=C(O)CSc1nc(=O)ccn1Cc1ccncc1. The second-order valence-corrected chi connectivity index (χ2v) is 4.66. The summed E-state index contributed by atoms with van der Waals surface area (Å²) in [5, 5.41) is 9.08. The molecule has 0 spiro atoms. The molecule has 0 amide bonds. The van der Waals surface area contributed by atoms with Gasteiger partial charge in [-0.3, -0.25) is 14.6 Å². The number of carboxylic acid groups (broad SMARTS) is 1. The molecule has 6 nitrogen and oxygen atoms in total. The lowest BCUT2D eigenvalue weighted by molar-refractivity contribution is -0.133. The molecule has 1 N–H and O–H groups in total. The predicted molar refractivity (Wildman–Crippen MR) is 70.2 cm³/mol. The van der Waals surface area contributed by atoms with E-state index in [1.165, 1.54) is 6.07 Å². The maximum Gasteiger partial charge on any atom is 0.313 e. The molecule has 0 radical (unpaired) electrons. The van der Waals surface area contributed by atoms with Crippen molar-refractivity contribution in [3.05, 3.63) is 52.7 Å². The van der Waals surface area contributed by atoms with Gasteiger partial charge in [-0.05, 0) is 17.7 Å². The third kappa shape index (κ3) is 3.92. The molecule has 0 saturated heterocycles. The van der Waals surface area contributed by atoms with Crippen LogP contribution in [0.25, 0.3) is 0 Å². The zero-order valence-corrected chi connectivity index (χ0v) is 10.7. The Morgan fingerprint density at radius 3 is 2.74 bits per heavy atom. The zero-order chi connectivity index (χ0) is 13.7. The van der Waals surface area contributed by atoms with Gasteiger partial charge in [0.1, 0.15) is 0 Å². The lowest BCUT2D eigenvalue weighted by atomic mass is 10.3. The number of nitrogens with zero attached hydrogens (tertiary/aromatic N) is 3. The summed E-state index contributed by atoms with van der Waals surface area (Å²) in [5.74, 6) is -1.08. The van der Waals surface area contributed by atoms with Gasteiger partial charge in [0.2, 0.25) is 0 Å². The van der Waals surface area contributed by atoms with Crippen LogP contribution in [-0.2, 0) is 11.3 Å². The smallest absolute Gasteiger partial charge is 0.313 e. The van der Waals surface area contributed by atoms with Crippen LogP contribution in [-0.4, -0.2) is 31.4 Å². The molecule has 0 aromatic carbocycles. The molecule has 0 fully saturated rings. The Bertz CT molecular complexity index is 628. The highest BCUT2D eigenvalue weighted by Crippen LogP contribution is 2.14. The largest absolute Gasteiger partial charge is 0.481 e. The summed E-state index contributed by atoms with van der Waals surface area (Å²) in [6, 6.07) is 5.06. The summed E-state index contributed by atoms with van der Waals surface area (Å²) >= 11 is 1.03. The van der Waals surface area contributed by atoms with E-state index in [2.05, 4.69) is 9.97 Å². The van der Waals surface area contributed by atoms with E-state index in [4.69, 9.17) is 5.11 Å². The molecule has 2 heterocycles. The highest BCUT2D eigenvalue weighted by atomic mass is 32.2. The summed E-state index contributed by atoms with van der Waals surface area (Å²) in [6.45, 7) is 0.512. The molecule has 0 bridgehead atoms. The molecule has 0 unspecified atom stereocenters. The lowest BCUT2D eigenvalue weighted by Crippen LogP contribution is -2.14. The maximum absolute atomic E-state index is 11.2. The van der Waals surface area contributed by atoms with Crippen molar-refractivity contribution in [2.75, 3.05) is 5.75 Å². The Kier molecular flexibility index (Phi) is 4.30. The molecule has 0 aliphatic rings. The van der Waals surface area contributed by atoms with Crippen molar-refractivity contribution in [1.29, 1.82) is 0 Å². The minimum absolute atomic E-state index is 0.132. The van der Waals surface area contributed by atoms with Gasteiger partial charge in [-0.1, -0.05) is 11.8 Å². The first-order valence-electron chi connectivity index (χ1n) is 5.46. The summed E-state index contributed by atoms with van der Waals surface area (Å²) in [5.41, 5.74) is 0.622. The fourth-order valence-electron chi connectivity index (χ4n) is 1.46. The molecular weight excluding hydrogens is 266 g/mol. The van der Waals surface area contributed by atoms with Gasteiger partial charge < -0.3 is 9.67 Å². The van der Waals surface area contributed by atoms with Crippen molar-refractivity contribution in [2.45, 2.75) is 11.7 Å². The number of rotatable bonds is 5. The predicted octanol–water partition coefficient (Wildman–Crippen LogP) is 0.863. The van der Waals surface area contributed by atoms with Crippen molar-refractivity contribution in [1.82, 2.24) is 14.5 Å². The first kappa shape index (κ1) is 13.3. The molecule has 0 saturated carbocycles. The Morgan fingerprint density at radius 1 is 1.32 bits per heavy atom. The lowest BCUT2D eigenvalue weighted by Gasteiger charge is -2.10. The molecule has 98 valence electrons. The van der Waals surface area contributed by atoms with E-state index in [0.717, 1.165) is 17.3 Å². The van der Waals surface area contributed by atoms with Crippen LogP contribution < -0.4 is 5.56 Å². The number of hydrogen-bond donors (Lipinski definition) is 1. The molecule has 2 aromatic heterocycles. The molecule has 2 aromatic rings. The molecule has 0 aliphatic heterocycles. The van der Waals surface area contributed by atoms with Gasteiger partial charge in [0.25, 0.3) is 5.56 Å². The number of hydrogen-bond acceptors (Lipinski definition) is 5. The van der Waals surface area contributed by atoms with E-state index >= 15 is 0 Å². The average Bonchev–Trinajstić information content (AvgIpc) is 2.40. The van der Waals surface area contributed by atoms with E-state index in [0.29, 0.717) is 11.7 Å². The molecule has 2 rings (SSSR count). The van der Waals surface area contributed by atoms with Crippen LogP contribution in [0.2, 0.25) is 0 Å². The number of carbonyl (C=O) groups is 1. The second kappa shape index (κ2) is 6.14. The van der Waals surface area contributed by atoms with Crippen LogP contribution in [0.15, 0.2) is 46.7 Å². The molecule has 0 atom stereocenters. The normalized spacial score (nSPS) is 10.3. The summed E-state index contributed by atoms with van der Waals surface area (Å²) < 4.78 is 1.74. The summed E-state index contributed by atoms with van der Waals surface area (Å²) in [7, 11) is 0. The van der Waals surface area contributed by atoms with Crippen molar-refractivity contribution in [3.63, 3.8) is 0 Å². The Morgan fingerprint density at radius 2 is 2.05 bits per heavy atom. The second-order valence-electron chi connectivity index (χ2n) is 3.71. The van der Waals surface area contributed by atoms with Gasteiger partial charge in [0, 0.05) is 31.2 Å². The highest BCUT2D eigenvalue weighted by Gasteiger charge is 2.07. The monoisotopic (exact) mass is 277 g/mol. The van der Waals surface area contributed by atoms with Crippen molar-refractivity contribution in [2.24, 2.45) is 0 Å². The van der Waals surface area contributed by atoms with Gasteiger partial charge in [-0.2, -0.15) is 4.98 Å². The van der Waals surface area contributed by atoms with E-state index < -0.39 is 5.97 Å². The van der Waals surface area contributed by atoms with E-state index in [1.54, 1.807) is 23.2 Å². The third-order valence-corrected chi connectivity index (χ3v) is 3.25. The van der Waals surface area contributed by atoms with Crippen LogP contribution in [0.1, 0.15) is 5.56 Å². The van der Waals surface area contributed by atoms with Crippen LogP contribution in [0.5, 0.6) is 0 Å². The number of pyridine rings is 1. The van der Waals surface area contributed by atoms with Gasteiger partial charge in [0.15, 0.2) is 5.16 Å². The minimum atomic E-state index is -0.946. The number of aromatic nitrogens is 3. The van der Waals surface area contributed by atoms with Crippen molar-refractivity contribution < 1.29 is 9.90 Å². The number of thioether (sulfide) groups is 1. The van der Waals surface area contributed by atoms with Gasteiger partial charge in [-0.25, -0.2) is 0 Å². The third-order valence-electron chi connectivity index (χ3n) is 2.28. The Hall–Kier alpha value is -2.15. The highest BCUT2D eigenvalue weighted by molar-refractivity contribution is 7.99. The summed E-state index contributed by atoms with van der Waals surface area (Å²) in [4.78, 5) is 29.6. The fourth-order valence-corrected chi connectivity index (χ4v) is 2.16. The molecular formula is C12H11N3O3S. The number of aliphatic carboxylic acids is 1. The first-order valence-corrected chi connectivity index (χ1v) is 6.45. The van der Waals surface area contributed by atoms with Crippen molar-refractivity contribution in [3.8, 4) is 0 Å². The fraction of sp³-hybridized carbons (Fsp3) is 0.167. The quantitative estimate of drug-likeness (QED) is 0.644. The molecule has 7 heteroatoms. The van der Waals surface area contributed by atoms with E-state index in [-0.39, 0.29) is 11.3 Å². The summed E-state index contributed by atoms with van der Waals surface area (Å²) in [6.07, 6.45) is 4.96. The van der Waals surface area contributed by atoms with Gasteiger partial charge >= 0.3 is 5.97 Å². The minimum Gasteiger partial charge on any atom is -0.481 e. The topological polar surface area (TPSA) is 85.1 Å². The number of carboxylic acids is 1. The maximum atomic E-state index is 11.2. The van der Waals surface area contributed by atoms with Gasteiger partial charge in [0.05, 0.1) is 5.75 Å². The van der Waals surface area contributed by atoms with Crippen LogP contribution in [0.4, 0.5) is 0 Å². The zero-order valence-electron chi connectivity index (χ0n) is 9.89. The van der Waals surface area contributed by atoms with Crippen LogP contribution in [0, 0.1) is 0 Å². The average molecular weight is 277 g/mol.